The molecule has 0 spiro atoms. The number of ether oxygens (including phenoxy) is 1. The minimum atomic E-state index is 0.160. The molecule has 3 nitrogen and oxygen atoms in total. The van der Waals surface area contributed by atoms with Crippen molar-refractivity contribution < 1.29 is 17.9 Å². The topological polar surface area (TPSA) is 37.5 Å². The van der Waals surface area contributed by atoms with Gasteiger partial charge in [-0.3, -0.25) is 0 Å². The Bertz CT molecular complexity index is 1070. The molecule has 2 aromatic carbocycles. The molecule has 0 bridgehead atoms. The summed E-state index contributed by atoms with van der Waals surface area (Å²) in [4.78, 5) is 10.3. The Balaban J connectivity index is 0.00000153. The zero-order chi connectivity index (χ0) is 28.2. The predicted molar refractivity (Wildman–Crippen MR) is 161 cm³/mol. The van der Waals surface area contributed by atoms with Crippen molar-refractivity contribution in [1.82, 2.24) is 0 Å². The van der Waals surface area contributed by atoms with Gasteiger partial charge in [0.2, 0.25) is 0 Å². The van der Waals surface area contributed by atoms with Gasteiger partial charge in [0.1, 0.15) is 0 Å². The molecule has 0 saturated carbocycles. The number of benzene rings is 2. The first kappa shape index (κ1) is 32.1. The van der Waals surface area contributed by atoms with E-state index in [1.165, 1.54) is 55.6 Å². The van der Waals surface area contributed by atoms with Gasteiger partial charge in [0.05, 0.1) is 22.8 Å². The summed E-state index contributed by atoms with van der Waals surface area (Å²) in [6.07, 6.45) is 3.62. The van der Waals surface area contributed by atoms with Crippen LogP contribution in [0.4, 0.5) is 11.4 Å². The van der Waals surface area contributed by atoms with Gasteiger partial charge in [-0.2, -0.15) is 0 Å². The molecular formula is C31H45Cl2FeN2O+. The summed E-state index contributed by atoms with van der Waals surface area (Å²) in [7, 11) is 9.53. The first-order valence-corrected chi connectivity index (χ1v) is 16.1. The molecular weight excluding hydrogens is 543 g/mol. The van der Waals surface area contributed by atoms with Gasteiger partial charge in [-0.15, -0.1) is 0 Å². The van der Waals surface area contributed by atoms with Crippen LogP contribution in [0, 0.1) is 69.2 Å². The monoisotopic (exact) mass is 587 g/mol. The maximum absolute atomic E-state index is 5.26. The van der Waals surface area contributed by atoms with Crippen LogP contribution in [0.2, 0.25) is 0 Å². The van der Waals surface area contributed by atoms with Gasteiger partial charge in [-0.1, -0.05) is 0 Å². The molecule has 6 heteroatoms. The summed E-state index contributed by atoms with van der Waals surface area (Å²) in [5, 5.41) is 0. The van der Waals surface area contributed by atoms with Crippen molar-refractivity contribution in [3.8, 4) is 0 Å². The van der Waals surface area contributed by atoms with E-state index >= 15 is 0 Å². The van der Waals surface area contributed by atoms with E-state index in [0.717, 1.165) is 42.1 Å². The Morgan fingerprint density at radius 2 is 0.811 bits per heavy atom. The Morgan fingerprint density at radius 1 is 0.568 bits per heavy atom. The number of aliphatic imine (C=N–C) groups is 2. The van der Waals surface area contributed by atoms with Crippen LogP contribution in [-0.4, -0.2) is 28.4 Å². The first-order chi connectivity index (χ1) is 17.3. The third-order valence-corrected chi connectivity index (χ3v) is 8.78. The van der Waals surface area contributed by atoms with Crippen molar-refractivity contribution in [3.63, 3.8) is 0 Å². The number of hydrogen-bond donors (Lipinski definition) is 0. The third kappa shape index (κ3) is 7.08. The van der Waals surface area contributed by atoms with E-state index in [-0.39, 0.29) is 25.3 Å². The van der Waals surface area contributed by atoms with E-state index < -0.39 is 0 Å². The molecule has 2 atom stereocenters. The standard InChI is InChI=1S/C31H44N2O.2ClH.Fe/c1-16-18(3)22(7)30(23(8)19(16)4)32-26(11)28-14-13-15-29(34-28)27(12)33-31-24(9)20(5)17(2)21(6)25(31)10;;;/h28-29H,13-15H2,1-12H3;2*1H;/q;;;+2/p-1. The van der Waals surface area contributed by atoms with Crippen LogP contribution in [0.3, 0.4) is 0 Å². The number of rotatable bonds is 4. The van der Waals surface area contributed by atoms with E-state index in [0.29, 0.717) is 0 Å². The molecule has 1 aliphatic rings. The van der Waals surface area contributed by atoms with Crippen LogP contribution in [0.15, 0.2) is 9.98 Å². The van der Waals surface area contributed by atoms with Crippen LogP contribution in [0.25, 0.3) is 0 Å². The molecule has 3 rings (SSSR count). The van der Waals surface area contributed by atoms with E-state index in [9.17, 15) is 0 Å². The molecule has 1 heterocycles. The number of hydrogen-bond acceptors (Lipinski definition) is 2. The zero-order valence-corrected chi connectivity index (χ0v) is 27.3. The summed E-state index contributed by atoms with van der Waals surface area (Å²) in [6, 6.07) is 0. The second-order valence-corrected chi connectivity index (χ2v) is 12.4. The Morgan fingerprint density at radius 3 is 1.08 bits per heavy atom. The summed E-state index contributed by atoms with van der Waals surface area (Å²) in [5.41, 5.74) is 17.9. The molecule has 2 aromatic rings. The van der Waals surface area contributed by atoms with Crippen molar-refractivity contribution in [1.29, 1.82) is 0 Å². The molecule has 1 fully saturated rings. The molecule has 0 aliphatic carbocycles. The number of halogens is 2. The summed E-state index contributed by atoms with van der Waals surface area (Å²) in [5.74, 6) is 0. The molecule has 2 unspecified atom stereocenters. The van der Waals surface area contributed by atoms with Gasteiger partial charge in [0.15, 0.2) is 12.2 Å². The quantitative estimate of drug-likeness (QED) is 0.194. The van der Waals surface area contributed by atoms with Crippen molar-refractivity contribution in [3.05, 3.63) is 55.6 Å². The molecule has 1 N–H and O–H groups in total. The minimum absolute atomic E-state index is 0.160. The molecule has 37 heavy (non-hydrogen) atoms. The third-order valence-electron chi connectivity index (χ3n) is 8.78. The van der Waals surface area contributed by atoms with Gasteiger partial charge < -0.3 is 4.74 Å². The van der Waals surface area contributed by atoms with Crippen LogP contribution in [0.1, 0.15) is 88.7 Å². The van der Waals surface area contributed by atoms with Gasteiger partial charge in [0.25, 0.3) is 0 Å². The molecule has 0 amide bonds. The molecule has 0 aromatic heterocycles. The van der Waals surface area contributed by atoms with E-state index in [1.54, 1.807) is 0 Å². The Hall–Kier alpha value is -1.16. The molecule has 206 valence electrons. The van der Waals surface area contributed by atoms with E-state index in [2.05, 4.69) is 83.1 Å². The van der Waals surface area contributed by atoms with Crippen molar-refractivity contribution in [2.24, 2.45) is 9.98 Å². The number of aliphatic hydroxyl groups is 2. The fraction of sp³-hybridized carbons (Fsp3) is 0.548. The number of nitrogens with zero attached hydrogens (tertiary/aromatic N) is 2. The van der Waals surface area contributed by atoms with Crippen LogP contribution in [0.5, 0.6) is 0 Å². The fourth-order valence-electron chi connectivity index (χ4n) is 5.30. The van der Waals surface area contributed by atoms with E-state index in [4.69, 9.17) is 34.9 Å². The van der Waals surface area contributed by atoms with Crippen molar-refractivity contribution in [2.45, 2.75) is 115 Å². The van der Waals surface area contributed by atoms with Gasteiger partial charge in [-0.25, -0.2) is 9.98 Å². The van der Waals surface area contributed by atoms with E-state index in [1.807, 2.05) is 0 Å². The van der Waals surface area contributed by atoms with Crippen molar-refractivity contribution >= 4 is 43.0 Å². The SMILES string of the molecule is CC(=Nc1c(C)c(C)c(C)c(C)c1C)C1CCCC(C(C)=Nc2c(C)c(C)c(C)c(C)c2C)[OH+]1.[Cl][Fe][Cl]. The average molecular weight is 588 g/mol. The van der Waals surface area contributed by atoms with Gasteiger partial charge in [-0.05, 0) is 145 Å². The summed E-state index contributed by atoms with van der Waals surface area (Å²) >= 11 is 0.194. The Kier molecular flexibility index (Phi) is 11.9. The molecule has 1 saturated heterocycles. The van der Waals surface area contributed by atoms with Gasteiger partial charge in [0, 0.05) is 12.8 Å². The Labute approximate surface area is 240 Å². The second-order valence-electron chi connectivity index (χ2n) is 10.6. The summed E-state index contributed by atoms with van der Waals surface area (Å²) in [6.45, 7) is 26.4. The molecule has 1 aliphatic heterocycles. The fourth-order valence-corrected chi connectivity index (χ4v) is 5.30. The van der Waals surface area contributed by atoms with Crippen LogP contribution in [-0.2, 0) is 13.1 Å². The van der Waals surface area contributed by atoms with Crippen molar-refractivity contribution in [2.75, 3.05) is 0 Å². The first-order valence-electron chi connectivity index (χ1n) is 13.1. The van der Waals surface area contributed by atoms with Gasteiger partial charge >= 0.3 is 33.3 Å². The zero-order valence-electron chi connectivity index (χ0n) is 24.7. The normalized spacial score (nSPS) is 18.6. The van der Waals surface area contributed by atoms with Crippen LogP contribution < -0.4 is 0 Å². The van der Waals surface area contributed by atoms with Crippen LogP contribution >= 0.6 is 20.2 Å². The molecule has 0 radical (unpaired) electrons. The predicted octanol–water partition coefficient (Wildman–Crippen LogP) is 9.48. The maximum atomic E-state index is 5.26. The average Bonchev–Trinajstić information content (AvgIpc) is 2.89. The second kappa shape index (κ2) is 13.8. The summed E-state index contributed by atoms with van der Waals surface area (Å²) < 4.78 is 5.26.